The molecule has 0 radical (unpaired) electrons. The summed E-state index contributed by atoms with van der Waals surface area (Å²) in [5, 5.41) is 2.87. The number of carbonyl (C=O) groups is 1. The summed E-state index contributed by atoms with van der Waals surface area (Å²) < 4.78 is 4.94. The van der Waals surface area contributed by atoms with Crippen LogP contribution < -0.4 is 16.0 Å². The smallest absolute Gasteiger partial charge is 0.242 e. The predicted molar refractivity (Wildman–Crippen MR) is 82.8 cm³/mol. The van der Waals surface area contributed by atoms with Gasteiger partial charge in [-0.1, -0.05) is 6.92 Å². The topological polar surface area (TPSA) is 67.6 Å². The maximum atomic E-state index is 12.1. The van der Waals surface area contributed by atoms with Crippen molar-refractivity contribution in [1.82, 2.24) is 5.32 Å². The first-order valence-electron chi connectivity index (χ1n) is 6.99. The molecule has 0 heterocycles. The Bertz CT molecular complexity index is 406. The fraction of sp³-hybridized carbons (Fsp3) is 0.533. The number of nitrogens with two attached hydrogens (primary N) is 1. The Morgan fingerprint density at radius 3 is 2.60 bits per heavy atom. The van der Waals surface area contributed by atoms with Gasteiger partial charge in [-0.15, -0.1) is 0 Å². The minimum atomic E-state index is -0.226. The minimum Gasteiger partial charge on any atom is -0.399 e. The number of nitrogen functional groups attached to an aromatic ring is 1. The van der Waals surface area contributed by atoms with Crippen molar-refractivity contribution in [3.63, 3.8) is 0 Å². The van der Waals surface area contributed by atoms with Gasteiger partial charge < -0.3 is 20.7 Å². The zero-order valence-electron chi connectivity index (χ0n) is 12.6. The summed E-state index contributed by atoms with van der Waals surface area (Å²) in [5.74, 6) is 0.00678. The number of benzene rings is 1. The van der Waals surface area contributed by atoms with E-state index in [1.165, 1.54) is 0 Å². The lowest BCUT2D eigenvalue weighted by molar-refractivity contribution is -0.122. The molecule has 0 aromatic heterocycles. The van der Waals surface area contributed by atoms with Crippen molar-refractivity contribution in [2.45, 2.75) is 26.3 Å². The Hall–Kier alpha value is -1.75. The molecule has 1 rings (SSSR count). The third kappa shape index (κ3) is 4.74. The molecule has 5 nitrogen and oxygen atoms in total. The van der Waals surface area contributed by atoms with Gasteiger partial charge in [0.25, 0.3) is 0 Å². The number of carbonyl (C=O) groups excluding carboxylic acids is 1. The molecule has 1 amide bonds. The third-order valence-corrected chi connectivity index (χ3v) is 3.14. The molecule has 0 aliphatic rings. The van der Waals surface area contributed by atoms with E-state index in [1.807, 2.05) is 31.2 Å². The van der Waals surface area contributed by atoms with E-state index < -0.39 is 0 Å². The van der Waals surface area contributed by atoms with Crippen molar-refractivity contribution < 1.29 is 9.53 Å². The van der Waals surface area contributed by atoms with Crippen molar-refractivity contribution in [1.29, 1.82) is 0 Å². The van der Waals surface area contributed by atoms with Crippen molar-refractivity contribution in [3.05, 3.63) is 24.3 Å². The second kappa shape index (κ2) is 8.43. The Kier molecular flexibility index (Phi) is 6.87. The highest BCUT2D eigenvalue weighted by Gasteiger charge is 2.20. The molecule has 1 aromatic rings. The van der Waals surface area contributed by atoms with E-state index in [-0.39, 0.29) is 11.9 Å². The van der Waals surface area contributed by atoms with Crippen molar-refractivity contribution in [2.75, 3.05) is 37.4 Å². The maximum absolute atomic E-state index is 12.1. The number of rotatable bonds is 8. The van der Waals surface area contributed by atoms with Gasteiger partial charge in [-0.2, -0.15) is 0 Å². The van der Waals surface area contributed by atoms with Gasteiger partial charge in [-0.25, -0.2) is 0 Å². The summed E-state index contributed by atoms with van der Waals surface area (Å²) in [6.07, 6.45) is 0.972. The minimum absolute atomic E-state index is 0.00678. The molecule has 1 atom stereocenters. The first kappa shape index (κ1) is 16.3. The summed E-state index contributed by atoms with van der Waals surface area (Å²) in [6.45, 7) is 5.88. The number of nitrogens with zero attached hydrogens (tertiary/aromatic N) is 1. The zero-order chi connectivity index (χ0) is 15.0. The summed E-state index contributed by atoms with van der Waals surface area (Å²) in [7, 11) is 1.62. The van der Waals surface area contributed by atoms with Gasteiger partial charge in [0.05, 0.1) is 6.61 Å². The molecular formula is C15H25N3O2. The fourth-order valence-corrected chi connectivity index (χ4v) is 2.02. The monoisotopic (exact) mass is 279 g/mol. The Balaban J connectivity index is 2.73. The lowest BCUT2D eigenvalue weighted by atomic mass is 10.2. The predicted octanol–water partition coefficient (Wildman–Crippen LogP) is 1.64. The van der Waals surface area contributed by atoms with Crippen molar-refractivity contribution in [2.24, 2.45) is 0 Å². The number of hydrogen-bond donors (Lipinski definition) is 2. The zero-order valence-corrected chi connectivity index (χ0v) is 12.6. The van der Waals surface area contributed by atoms with Crippen molar-refractivity contribution in [3.8, 4) is 0 Å². The van der Waals surface area contributed by atoms with Crippen LogP contribution in [0.4, 0.5) is 11.4 Å². The lowest BCUT2D eigenvalue weighted by Crippen LogP contribution is -2.46. The largest absolute Gasteiger partial charge is 0.399 e. The van der Waals surface area contributed by atoms with E-state index in [0.717, 1.165) is 24.3 Å². The molecule has 1 unspecified atom stereocenters. The first-order valence-corrected chi connectivity index (χ1v) is 6.99. The SMILES string of the molecule is CCCN(c1ccc(N)cc1)C(C)C(=O)NCCOC. The van der Waals surface area contributed by atoms with Crippen LogP contribution in [-0.4, -0.2) is 38.8 Å². The average Bonchev–Trinajstić information content (AvgIpc) is 2.45. The van der Waals surface area contributed by atoms with Crippen LogP contribution >= 0.6 is 0 Å². The number of ether oxygens (including phenoxy) is 1. The van der Waals surface area contributed by atoms with E-state index in [2.05, 4.69) is 17.1 Å². The molecule has 1 aromatic carbocycles. The highest BCUT2D eigenvalue weighted by atomic mass is 16.5. The quantitative estimate of drug-likeness (QED) is 0.561. The number of anilines is 2. The molecule has 0 saturated carbocycles. The highest BCUT2D eigenvalue weighted by molar-refractivity contribution is 5.84. The van der Waals surface area contributed by atoms with Crippen LogP contribution in [0.5, 0.6) is 0 Å². The summed E-state index contributed by atoms with van der Waals surface area (Å²) in [5.41, 5.74) is 7.44. The second-order valence-corrected chi connectivity index (χ2v) is 4.74. The second-order valence-electron chi connectivity index (χ2n) is 4.74. The molecule has 20 heavy (non-hydrogen) atoms. The molecule has 0 fully saturated rings. The normalized spacial score (nSPS) is 11.9. The lowest BCUT2D eigenvalue weighted by Gasteiger charge is -2.30. The van der Waals surface area contributed by atoms with E-state index >= 15 is 0 Å². The van der Waals surface area contributed by atoms with Gasteiger partial charge in [0.1, 0.15) is 6.04 Å². The summed E-state index contributed by atoms with van der Waals surface area (Å²) >= 11 is 0. The van der Waals surface area contributed by atoms with Crippen LogP contribution in [0, 0.1) is 0 Å². The Morgan fingerprint density at radius 1 is 1.40 bits per heavy atom. The summed E-state index contributed by atoms with van der Waals surface area (Å²) in [6, 6.07) is 7.38. The van der Waals surface area contributed by atoms with Gasteiger partial charge in [-0.3, -0.25) is 4.79 Å². The highest BCUT2D eigenvalue weighted by Crippen LogP contribution is 2.19. The van der Waals surface area contributed by atoms with E-state index in [1.54, 1.807) is 7.11 Å². The van der Waals surface area contributed by atoms with Gasteiger partial charge >= 0.3 is 0 Å². The standard InChI is InChI=1S/C15H25N3O2/c1-4-10-18(14-7-5-13(16)6-8-14)12(2)15(19)17-9-11-20-3/h5-8,12H,4,9-11,16H2,1-3H3,(H,17,19). The molecule has 0 spiro atoms. The third-order valence-electron chi connectivity index (χ3n) is 3.14. The number of amides is 1. The molecule has 5 heteroatoms. The van der Waals surface area contributed by atoms with Gasteiger partial charge in [0, 0.05) is 31.6 Å². The van der Waals surface area contributed by atoms with Crippen LogP contribution in [-0.2, 0) is 9.53 Å². The van der Waals surface area contributed by atoms with Crippen LogP contribution in [0.2, 0.25) is 0 Å². The first-order chi connectivity index (χ1) is 9.60. The fourth-order valence-electron chi connectivity index (χ4n) is 2.02. The van der Waals surface area contributed by atoms with Crippen LogP contribution in [0.3, 0.4) is 0 Å². The molecule has 0 aliphatic carbocycles. The van der Waals surface area contributed by atoms with Crippen LogP contribution in [0.1, 0.15) is 20.3 Å². The number of methoxy groups -OCH3 is 1. The number of hydrogen-bond acceptors (Lipinski definition) is 4. The van der Waals surface area contributed by atoms with E-state index in [4.69, 9.17) is 10.5 Å². The summed E-state index contributed by atoms with van der Waals surface area (Å²) in [4.78, 5) is 14.2. The maximum Gasteiger partial charge on any atom is 0.242 e. The van der Waals surface area contributed by atoms with Crippen molar-refractivity contribution >= 4 is 17.3 Å². The Labute approximate surface area is 121 Å². The van der Waals surface area contributed by atoms with Gasteiger partial charge in [-0.05, 0) is 37.6 Å². The van der Waals surface area contributed by atoms with Gasteiger partial charge in [0.2, 0.25) is 5.91 Å². The molecule has 0 bridgehead atoms. The van der Waals surface area contributed by atoms with Gasteiger partial charge in [0.15, 0.2) is 0 Å². The number of nitrogens with one attached hydrogen (secondary N) is 1. The van der Waals surface area contributed by atoms with Crippen LogP contribution in [0.25, 0.3) is 0 Å². The molecule has 3 N–H and O–H groups in total. The van der Waals surface area contributed by atoms with E-state index in [9.17, 15) is 4.79 Å². The Morgan fingerprint density at radius 2 is 2.05 bits per heavy atom. The molecule has 0 saturated heterocycles. The van der Waals surface area contributed by atoms with Crippen LogP contribution in [0.15, 0.2) is 24.3 Å². The van der Waals surface area contributed by atoms with E-state index in [0.29, 0.717) is 13.2 Å². The average molecular weight is 279 g/mol. The molecular weight excluding hydrogens is 254 g/mol. The molecule has 0 aliphatic heterocycles. The molecule has 112 valence electrons.